The molecule has 0 saturated carbocycles. The highest BCUT2D eigenvalue weighted by Crippen LogP contribution is 2.22. The molecule has 0 aromatic heterocycles. The molecule has 0 aliphatic carbocycles. The molecule has 0 aliphatic rings. The van der Waals surface area contributed by atoms with Crippen molar-refractivity contribution in [3.05, 3.63) is 0 Å². The van der Waals surface area contributed by atoms with Crippen LogP contribution >= 0.6 is 0 Å². The summed E-state index contributed by atoms with van der Waals surface area (Å²) >= 11 is 0. The summed E-state index contributed by atoms with van der Waals surface area (Å²) in [5.41, 5.74) is -0.538. The SMILES string of the molecule is CC(C)(C)C(CC(=O)O)NC(=O)N(CCO)CC(F)F. The smallest absolute Gasteiger partial charge is 0.317 e. The van der Waals surface area contributed by atoms with Gasteiger partial charge in [0.1, 0.15) is 0 Å². The van der Waals surface area contributed by atoms with Gasteiger partial charge in [0.25, 0.3) is 6.43 Å². The van der Waals surface area contributed by atoms with Gasteiger partial charge in [-0.05, 0) is 5.41 Å². The molecule has 8 heteroatoms. The molecule has 3 N–H and O–H groups in total. The normalized spacial score (nSPS) is 13.2. The highest BCUT2D eigenvalue weighted by Gasteiger charge is 2.30. The molecule has 2 amide bonds. The molecule has 0 rings (SSSR count). The average Bonchev–Trinajstić information content (AvgIpc) is 2.25. The van der Waals surface area contributed by atoms with Gasteiger partial charge in [-0.3, -0.25) is 4.79 Å². The maximum atomic E-state index is 12.4. The monoisotopic (exact) mass is 296 g/mol. The number of carbonyl (C=O) groups excluding carboxylic acids is 1. The lowest BCUT2D eigenvalue weighted by Gasteiger charge is -2.32. The first-order valence-corrected chi connectivity index (χ1v) is 6.24. The maximum absolute atomic E-state index is 12.4. The van der Waals surface area contributed by atoms with Crippen molar-refractivity contribution in [3.8, 4) is 0 Å². The van der Waals surface area contributed by atoms with E-state index in [-0.39, 0.29) is 13.0 Å². The second kappa shape index (κ2) is 7.98. The minimum Gasteiger partial charge on any atom is -0.481 e. The van der Waals surface area contributed by atoms with E-state index in [1.165, 1.54) is 0 Å². The number of halogens is 2. The van der Waals surface area contributed by atoms with Gasteiger partial charge in [0.2, 0.25) is 0 Å². The molecule has 0 aromatic carbocycles. The standard InChI is InChI=1S/C12H22F2N2O4/c1-12(2,3)8(6-10(18)19)15-11(20)16(4-5-17)7-9(13)14/h8-9,17H,4-7H2,1-3H3,(H,15,20)(H,18,19). The predicted molar refractivity (Wildman–Crippen MR) is 68.7 cm³/mol. The maximum Gasteiger partial charge on any atom is 0.317 e. The molecule has 0 aromatic rings. The fourth-order valence-electron chi connectivity index (χ4n) is 1.55. The quantitative estimate of drug-likeness (QED) is 0.657. The number of amides is 2. The Morgan fingerprint density at radius 1 is 1.30 bits per heavy atom. The van der Waals surface area contributed by atoms with E-state index in [4.69, 9.17) is 10.2 Å². The number of carboxylic acids is 1. The number of nitrogens with zero attached hydrogens (tertiary/aromatic N) is 1. The molecule has 1 atom stereocenters. The van der Waals surface area contributed by atoms with Crippen LogP contribution in [0.3, 0.4) is 0 Å². The summed E-state index contributed by atoms with van der Waals surface area (Å²) in [7, 11) is 0. The van der Waals surface area contributed by atoms with Crippen molar-refractivity contribution in [3.63, 3.8) is 0 Å². The van der Waals surface area contributed by atoms with Gasteiger partial charge >= 0.3 is 12.0 Å². The number of nitrogens with one attached hydrogen (secondary N) is 1. The summed E-state index contributed by atoms with van der Waals surface area (Å²) < 4.78 is 24.7. The molecule has 0 heterocycles. The lowest BCUT2D eigenvalue weighted by molar-refractivity contribution is -0.138. The molecule has 118 valence electrons. The van der Waals surface area contributed by atoms with Gasteiger partial charge in [-0.1, -0.05) is 20.8 Å². The van der Waals surface area contributed by atoms with Gasteiger partial charge in [-0.25, -0.2) is 13.6 Å². The number of carbonyl (C=O) groups is 2. The highest BCUT2D eigenvalue weighted by molar-refractivity contribution is 5.76. The van der Waals surface area contributed by atoms with Crippen molar-refractivity contribution in [2.45, 2.75) is 39.7 Å². The summed E-state index contributed by atoms with van der Waals surface area (Å²) in [6.07, 6.45) is -3.03. The van der Waals surface area contributed by atoms with Gasteiger partial charge in [-0.2, -0.15) is 0 Å². The largest absolute Gasteiger partial charge is 0.481 e. The van der Waals surface area contributed by atoms with Gasteiger partial charge in [0.15, 0.2) is 0 Å². The number of hydrogen-bond donors (Lipinski definition) is 3. The lowest BCUT2D eigenvalue weighted by Crippen LogP contribution is -2.52. The molecule has 0 radical (unpaired) electrons. The zero-order chi connectivity index (χ0) is 15.9. The third-order valence-corrected chi connectivity index (χ3v) is 2.74. The van der Waals surface area contributed by atoms with Crippen LogP contribution in [-0.4, -0.2) is 59.3 Å². The van der Waals surface area contributed by atoms with Gasteiger partial charge in [0.05, 0.1) is 19.6 Å². The van der Waals surface area contributed by atoms with Gasteiger partial charge in [-0.15, -0.1) is 0 Å². The molecule has 6 nitrogen and oxygen atoms in total. The minimum atomic E-state index is -2.72. The highest BCUT2D eigenvalue weighted by atomic mass is 19.3. The van der Waals surface area contributed by atoms with Gasteiger partial charge in [0, 0.05) is 12.6 Å². The first kappa shape index (κ1) is 18.6. The van der Waals surface area contributed by atoms with E-state index in [1.807, 2.05) is 0 Å². The van der Waals surface area contributed by atoms with Crippen molar-refractivity contribution >= 4 is 12.0 Å². The van der Waals surface area contributed by atoms with E-state index in [1.54, 1.807) is 20.8 Å². The lowest BCUT2D eigenvalue weighted by atomic mass is 9.85. The Kier molecular flexibility index (Phi) is 7.41. The van der Waals surface area contributed by atoms with Crippen molar-refractivity contribution in [1.29, 1.82) is 0 Å². The molecule has 0 spiro atoms. The summed E-state index contributed by atoms with van der Waals surface area (Å²) in [6, 6.07) is -1.51. The van der Waals surface area contributed by atoms with Crippen molar-refractivity contribution in [2.75, 3.05) is 19.7 Å². The summed E-state index contributed by atoms with van der Waals surface area (Å²) in [6.45, 7) is 3.73. The van der Waals surface area contributed by atoms with E-state index < -0.39 is 43.0 Å². The second-order valence-corrected chi connectivity index (χ2v) is 5.53. The van der Waals surface area contributed by atoms with E-state index in [2.05, 4.69) is 5.32 Å². The number of urea groups is 1. The topological polar surface area (TPSA) is 89.9 Å². The number of alkyl halides is 2. The van der Waals surface area contributed by atoms with E-state index in [9.17, 15) is 18.4 Å². The van der Waals surface area contributed by atoms with Crippen LogP contribution in [-0.2, 0) is 4.79 Å². The number of hydrogen-bond acceptors (Lipinski definition) is 3. The first-order valence-electron chi connectivity index (χ1n) is 6.24. The predicted octanol–water partition coefficient (Wildman–Crippen LogP) is 1.14. The minimum absolute atomic E-state index is 0.236. The number of aliphatic carboxylic acids is 1. The van der Waals surface area contributed by atoms with Crippen LogP contribution in [0.25, 0.3) is 0 Å². The molecule has 0 saturated heterocycles. The molecular weight excluding hydrogens is 274 g/mol. The van der Waals surface area contributed by atoms with Gasteiger partial charge < -0.3 is 20.4 Å². The Labute approximate surface area is 116 Å². The van der Waals surface area contributed by atoms with Crippen molar-refractivity contribution in [2.24, 2.45) is 5.41 Å². The fraction of sp³-hybridized carbons (Fsp3) is 0.833. The summed E-state index contributed by atoms with van der Waals surface area (Å²) in [4.78, 5) is 23.4. The van der Waals surface area contributed by atoms with Crippen molar-refractivity contribution < 1.29 is 28.6 Å². The number of rotatable bonds is 7. The Morgan fingerprint density at radius 3 is 2.20 bits per heavy atom. The summed E-state index contributed by atoms with van der Waals surface area (Å²) in [5.74, 6) is -1.09. The molecule has 1 unspecified atom stereocenters. The van der Waals surface area contributed by atoms with Crippen LogP contribution in [0.1, 0.15) is 27.2 Å². The van der Waals surface area contributed by atoms with Crippen LogP contribution in [0.4, 0.5) is 13.6 Å². The number of carboxylic acid groups (broad SMARTS) is 1. The molecule has 0 aliphatic heterocycles. The zero-order valence-corrected chi connectivity index (χ0v) is 11.9. The third kappa shape index (κ3) is 7.22. The van der Waals surface area contributed by atoms with Crippen LogP contribution in [0.15, 0.2) is 0 Å². The second-order valence-electron chi connectivity index (χ2n) is 5.53. The molecule has 20 heavy (non-hydrogen) atoms. The first-order chi connectivity index (χ1) is 9.07. The molecule has 0 fully saturated rings. The van der Waals surface area contributed by atoms with Crippen LogP contribution in [0.2, 0.25) is 0 Å². The average molecular weight is 296 g/mol. The Bertz CT molecular complexity index is 332. The Morgan fingerprint density at radius 2 is 1.85 bits per heavy atom. The van der Waals surface area contributed by atoms with Crippen LogP contribution in [0, 0.1) is 5.41 Å². The molecule has 0 bridgehead atoms. The number of aliphatic hydroxyl groups excluding tert-OH is 1. The Hall–Kier alpha value is -1.44. The number of aliphatic hydroxyl groups is 1. The zero-order valence-electron chi connectivity index (χ0n) is 11.9. The fourth-order valence-corrected chi connectivity index (χ4v) is 1.55. The third-order valence-electron chi connectivity index (χ3n) is 2.74. The van der Waals surface area contributed by atoms with Crippen LogP contribution in [0.5, 0.6) is 0 Å². The van der Waals surface area contributed by atoms with Crippen LogP contribution < -0.4 is 5.32 Å². The Balaban J connectivity index is 4.81. The van der Waals surface area contributed by atoms with E-state index in [0.717, 1.165) is 4.90 Å². The van der Waals surface area contributed by atoms with Crippen molar-refractivity contribution in [1.82, 2.24) is 10.2 Å². The van der Waals surface area contributed by atoms with E-state index >= 15 is 0 Å². The summed E-state index contributed by atoms with van der Waals surface area (Å²) in [5, 5.41) is 20.0. The molecular formula is C12H22F2N2O4. The van der Waals surface area contributed by atoms with E-state index in [0.29, 0.717) is 0 Å².